The number of ether oxygens (including phenoxy) is 2. The summed E-state index contributed by atoms with van der Waals surface area (Å²) < 4.78 is 13.1. The molecule has 3 N–H and O–H groups in total. The van der Waals surface area contributed by atoms with Gasteiger partial charge in [0.25, 0.3) is 5.91 Å². The van der Waals surface area contributed by atoms with E-state index in [4.69, 9.17) is 14.5 Å². The number of carboxylic acid groups (broad SMARTS) is 1. The second-order valence-corrected chi connectivity index (χ2v) is 10.5. The van der Waals surface area contributed by atoms with Crippen molar-refractivity contribution in [3.8, 4) is 22.8 Å². The van der Waals surface area contributed by atoms with Gasteiger partial charge in [-0.3, -0.25) is 14.0 Å². The number of aryl methyl sites for hydroxylation is 1. The first-order valence-corrected chi connectivity index (χ1v) is 13.7. The summed E-state index contributed by atoms with van der Waals surface area (Å²) in [6, 6.07) is 16.5. The molecule has 1 saturated carbocycles. The lowest BCUT2D eigenvalue weighted by Crippen LogP contribution is -2.30. The standard InChI is InChI=1S/C31H32N4O5/c1-19-7-9-20(10-8-19)24(17-28(36)37)33-31(38)22-13-14-35-27(16-22)34-29(30(35)32-23-5-3-2-4-6-23)21-11-12-25-26(15-21)40-18-39-25/h7-16,23-24,32H,2-6,17-18H2,1H3,(H,33,38)(H,36,37). The molecular weight excluding hydrogens is 508 g/mol. The summed E-state index contributed by atoms with van der Waals surface area (Å²) >= 11 is 0. The number of imidazole rings is 1. The summed E-state index contributed by atoms with van der Waals surface area (Å²) in [5.74, 6) is 0.915. The number of carbonyl (C=O) groups excluding carboxylic acids is 1. The number of amides is 1. The van der Waals surface area contributed by atoms with Gasteiger partial charge in [0.2, 0.25) is 6.79 Å². The number of hydrogen-bond acceptors (Lipinski definition) is 6. The van der Waals surface area contributed by atoms with E-state index >= 15 is 0 Å². The van der Waals surface area contributed by atoms with Gasteiger partial charge in [-0.2, -0.15) is 0 Å². The van der Waals surface area contributed by atoms with Crippen LogP contribution in [0, 0.1) is 6.92 Å². The van der Waals surface area contributed by atoms with Crippen LogP contribution < -0.4 is 20.1 Å². The van der Waals surface area contributed by atoms with E-state index in [1.807, 2.05) is 60.0 Å². The van der Waals surface area contributed by atoms with Gasteiger partial charge >= 0.3 is 5.97 Å². The number of aliphatic carboxylic acids is 1. The van der Waals surface area contributed by atoms with Crippen molar-refractivity contribution in [1.29, 1.82) is 0 Å². The van der Waals surface area contributed by atoms with Gasteiger partial charge in [0.1, 0.15) is 17.2 Å². The Morgan fingerprint density at radius 1 is 1.02 bits per heavy atom. The third-order valence-corrected chi connectivity index (χ3v) is 7.64. The van der Waals surface area contributed by atoms with Gasteiger partial charge in [-0.25, -0.2) is 4.98 Å². The molecule has 0 radical (unpaired) electrons. The fourth-order valence-corrected chi connectivity index (χ4v) is 5.48. The van der Waals surface area contributed by atoms with Gasteiger partial charge < -0.3 is 25.2 Å². The van der Waals surface area contributed by atoms with Crippen molar-refractivity contribution in [2.45, 2.75) is 57.5 Å². The van der Waals surface area contributed by atoms with Crippen molar-refractivity contribution >= 4 is 23.3 Å². The summed E-state index contributed by atoms with van der Waals surface area (Å²) in [5, 5.41) is 16.1. The third-order valence-electron chi connectivity index (χ3n) is 7.64. The molecule has 2 aromatic heterocycles. The van der Waals surface area contributed by atoms with Crippen LogP contribution in [0.25, 0.3) is 16.9 Å². The number of anilines is 1. The molecule has 206 valence electrons. The third kappa shape index (κ3) is 5.32. The number of rotatable bonds is 8. The number of fused-ring (bicyclic) bond motifs is 2. The van der Waals surface area contributed by atoms with Gasteiger partial charge in [-0.05, 0) is 55.7 Å². The number of aromatic nitrogens is 2. The van der Waals surface area contributed by atoms with E-state index in [0.717, 1.165) is 41.0 Å². The van der Waals surface area contributed by atoms with E-state index in [-0.39, 0.29) is 19.1 Å². The fourth-order valence-electron chi connectivity index (χ4n) is 5.48. The number of carboxylic acids is 1. The zero-order valence-electron chi connectivity index (χ0n) is 22.4. The highest BCUT2D eigenvalue weighted by Gasteiger charge is 2.24. The lowest BCUT2D eigenvalue weighted by molar-refractivity contribution is -0.137. The summed E-state index contributed by atoms with van der Waals surface area (Å²) in [6.45, 7) is 2.16. The number of nitrogens with zero attached hydrogens (tertiary/aromatic N) is 2. The molecule has 9 heteroatoms. The Balaban J connectivity index is 1.34. The second kappa shape index (κ2) is 10.9. The maximum absolute atomic E-state index is 13.3. The average molecular weight is 541 g/mol. The molecule has 0 bridgehead atoms. The number of pyridine rings is 1. The topological polar surface area (TPSA) is 114 Å². The Morgan fingerprint density at radius 3 is 2.58 bits per heavy atom. The molecule has 0 saturated heterocycles. The molecule has 40 heavy (non-hydrogen) atoms. The number of nitrogens with one attached hydrogen (secondary N) is 2. The number of benzene rings is 2. The minimum absolute atomic E-state index is 0.196. The highest BCUT2D eigenvalue weighted by atomic mass is 16.7. The molecule has 9 nitrogen and oxygen atoms in total. The molecule has 4 aromatic rings. The molecule has 1 unspecified atom stereocenters. The highest BCUT2D eigenvalue weighted by molar-refractivity contribution is 5.96. The lowest BCUT2D eigenvalue weighted by atomic mass is 9.95. The number of carbonyl (C=O) groups is 2. The van der Waals surface area contributed by atoms with E-state index in [0.29, 0.717) is 28.8 Å². The maximum atomic E-state index is 13.3. The Kier molecular flexibility index (Phi) is 7.02. The Hall–Kier alpha value is -4.53. The van der Waals surface area contributed by atoms with Gasteiger partial charge in [0.15, 0.2) is 11.5 Å². The molecule has 1 amide bonds. The molecule has 3 heterocycles. The van der Waals surface area contributed by atoms with Crippen molar-refractivity contribution in [3.63, 3.8) is 0 Å². The quantitative estimate of drug-likeness (QED) is 0.262. The largest absolute Gasteiger partial charge is 0.481 e. The summed E-state index contributed by atoms with van der Waals surface area (Å²) in [4.78, 5) is 29.8. The van der Waals surface area contributed by atoms with Crippen LogP contribution >= 0.6 is 0 Å². The first-order valence-electron chi connectivity index (χ1n) is 13.7. The molecule has 2 aliphatic rings. The van der Waals surface area contributed by atoms with Crippen molar-refractivity contribution < 1.29 is 24.2 Å². The van der Waals surface area contributed by atoms with E-state index in [2.05, 4.69) is 10.6 Å². The minimum Gasteiger partial charge on any atom is -0.481 e. The predicted octanol–water partition coefficient (Wildman–Crippen LogP) is 5.73. The van der Waals surface area contributed by atoms with Crippen LogP contribution in [-0.4, -0.2) is 39.2 Å². The van der Waals surface area contributed by atoms with E-state index in [1.54, 1.807) is 12.1 Å². The van der Waals surface area contributed by atoms with Gasteiger partial charge in [0.05, 0.1) is 12.5 Å². The zero-order chi connectivity index (χ0) is 27.6. The number of hydrogen-bond donors (Lipinski definition) is 3. The average Bonchev–Trinajstić information content (AvgIpc) is 3.57. The molecule has 1 aliphatic heterocycles. The van der Waals surface area contributed by atoms with E-state index in [9.17, 15) is 14.7 Å². The lowest BCUT2D eigenvalue weighted by Gasteiger charge is -2.24. The second-order valence-electron chi connectivity index (χ2n) is 10.5. The van der Waals surface area contributed by atoms with Crippen LogP contribution in [0.4, 0.5) is 5.82 Å². The van der Waals surface area contributed by atoms with Gasteiger partial charge in [-0.1, -0.05) is 49.1 Å². The fraction of sp³-hybridized carbons (Fsp3) is 0.323. The predicted molar refractivity (Wildman–Crippen MR) is 151 cm³/mol. The summed E-state index contributed by atoms with van der Waals surface area (Å²) in [7, 11) is 0. The first-order chi connectivity index (χ1) is 19.4. The SMILES string of the molecule is Cc1ccc(C(CC(=O)O)NC(=O)c2ccn3c(NC4CCCCC4)c(-c4ccc5c(c4)OCO5)nc3c2)cc1. The van der Waals surface area contributed by atoms with Crippen molar-refractivity contribution in [2.24, 2.45) is 0 Å². The Morgan fingerprint density at radius 2 is 1.80 bits per heavy atom. The molecule has 1 aliphatic carbocycles. The Labute approximate surface area is 232 Å². The Bertz CT molecular complexity index is 1560. The van der Waals surface area contributed by atoms with Crippen LogP contribution in [0.2, 0.25) is 0 Å². The van der Waals surface area contributed by atoms with Crippen LogP contribution in [0.5, 0.6) is 11.5 Å². The maximum Gasteiger partial charge on any atom is 0.305 e. The molecular formula is C31H32N4O5. The van der Waals surface area contributed by atoms with Gasteiger partial charge in [0, 0.05) is 23.4 Å². The summed E-state index contributed by atoms with van der Waals surface area (Å²) in [6.07, 6.45) is 7.45. The minimum atomic E-state index is -0.985. The summed E-state index contributed by atoms with van der Waals surface area (Å²) in [5.41, 5.74) is 4.48. The van der Waals surface area contributed by atoms with Crippen molar-refractivity contribution in [2.75, 3.05) is 12.1 Å². The van der Waals surface area contributed by atoms with Crippen LogP contribution in [0.1, 0.15) is 66.1 Å². The molecule has 0 spiro atoms. The van der Waals surface area contributed by atoms with Crippen molar-refractivity contribution in [3.05, 3.63) is 77.5 Å². The van der Waals surface area contributed by atoms with E-state index in [1.165, 1.54) is 19.3 Å². The van der Waals surface area contributed by atoms with Crippen LogP contribution in [0.15, 0.2) is 60.8 Å². The molecule has 2 aromatic carbocycles. The first kappa shape index (κ1) is 25.7. The smallest absolute Gasteiger partial charge is 0.305 e. The van der Waals surface area contributed by atoms with Crippen LogP contribution in [-0.2, 0) is 4.79 Å². The highest BCUT2D eigenvalue weighted by Crippen LogP contribution is 2.39. The normalized spacial score (nSPS) is 15.6. The van der Waals surface area contributed by atoms with Crippen LogP contribution in [0.3, 0.4) is 0 Å². The molecule has 1 atom stereocenters. The molecule has 1 fully saturated rings. The van der Waals surface area contributed by atoms with Gasteiger partial charge in [-0.15, -0.1) is 0 Å². The zero-order valence-corrected chi connectivity index (χ0v) is 22.4. The molecule has 6 rings (SSSR count). The van der Waals surface area contributed by atoms with E-state index < -0.39 is 12.0 Å². The monoisotopic (exact) mass is 540 g/mol. The van der Waals surface area contributed by atoms with Crippen molar-refractivity contribution in [1.82, 2.24) is 14.7 Å².